The molecule has 30 heavy (non-hydrogen) atoms. The first kappa shape index (κ1) is 19.2. The van der Waals surface area contributed by atoms with Crippen molar-refractivity contribution in [2.75, 3.05) is 0 Å². The van der Waals surface area contributed by atoms with E-state index < -0.39 is 5.97 Å². The number of aromatic nitrogens is 2. The Morgan fingerprint density at radius 1 is 1.03 bits per heavy atom. The van der Waals surface area contributed by atoms with Crippen molar-refractivity contribution in [3.8, 4) is 11.4 Å². The van der Waals surface area contributed by atoms with Crippen molar-refractivity contribution in [1.29, 1.82) is 0 Å². The molecule has 2 aromatic carbocycles. The molecule has 4 rings (SSSR count). The molecule has 150 valence electrons. The van der Waals surface area contributed by atoms with Crippen LogP contribution >= 0.6 is 0 Å². The summed E-state index contributed by atoms with van der Waals surface area (Å²) < 4.78 is 13.6. The molecule has 2 heterocycles. The van der Waals surface area contributed by atoms with Gasteiger partial charge in [0.05, 0.1) is 17.6 Å². The summed E-state index contributed by atoms with van der Waals surface area (Å²) in [5.74, 6) is -0.0476. The molecule has 0 saturated carbocycles. The smallest absolute Gasteiger partial charge is 0.379 e. The van der Waals surface area contributed by atoms with Crippen molar-refractivity contribution in [3.63, 3.8) is 0 Å². The minimum absolute atomic E-state index is 0.134. The predicted octanol–water partition coefficient (Wildman–Crippen LogP) is 4.05. The van der Waals surface area contributed by atoms with Crippen LogP contribution in [0.4, 0.5) is 5.69 Å². The summed E-state index contributed by atoms with van der Waals surface area (Å²) in [4.78, 5) is 29.2. The molecule has 0 spiro atoms. The van der Waals surface area contributed by atoms with Gasteiger partial charge in [-0.1, -0.05) is 18.2 Å². The van der Waals surface area contributed by atoms with Gasteiger partial charge in [-0.05, 0) is 61.0 Å². The third-order valence-electron chi connectivity index (χ3n) is 4.68. The first-order valence-electron chi connectivity index (χ1n) is 9.28. The van der Waals surface area contributed by atoms with Gasteiger partial charge in [0, 0.05) is 13.3 Å². The van der Waals surface area contributed by atoms with E-state index in [4.69, 9.17) is 9.15 Å². The average molecular weight is 401 g/mol. The number of esters is 1. The van der Waals surface area contributed by atoms with Crippen LogP contribution in [0, 0.1) is 6.92 Å². The number of nitrogens with zero attached hydrogens (tertiary/aromatic N) is 3. The van der Waals surface area contributed by atoms with E-state index in [0.717, 1.165) is 16.9 Å². The SMILES string of the molecule is Cc1c(/N=C/c2ccc(OC(=O)c3ccco3)cc2)c(=O)n(-c2ccccc2)n1C. The lowest BCUT2D eigenvalue weighted by Crippen LogP contribution is -2.19. The fraction of sp³-hybridized carbons (Fsp3) is 0.0870. The van der Waals surface area contributed by atoms with Gasteiger partial charge in [-0.15, -0.1) is 0 Å². The van der Waals surface area contributed by atoms with Crippen molar-refractivity contribution < 1.29 is 13.9 Å². The van der Waals surface area contributed by atoms with Gasteiger partial charge in [-0.2, -0.15) is 0 Å². The molecule has 0 bridgehead atoms. The van der Waals surface area contributed by atoms with E-state index in [2.05, 4.69) is 4.99 Å². The topological polar surface area (TPSA) is 78.7 Å². The molecule has 0 fully saturated rings. The van der Waals surface area contributed by atoms with Crippen LogP contribution in [-0.2, 0) is 7.05 Å². The lowest BCUT2D eigenvalue weighted by Gasteiger charge is -2.07. The molecular weight excluding hydrogens is 382 g/mol. The second-order valence-corrected chi connectivity index (χ2v) is 6.60. The van der Waals surface area contributed by atoms with Crippen molar-refractivity contribution in [2.24, 2.45) is 12.0 Å². The molecule has 7 heteroatoms. The Morgan fingerprint density at radius 3 is 2.43 bits per heavy atom. The first-order valence-corrected chi connectivity index (χ1v) is 9.28. The fourth-order valence-electron chi connectivity index (χ4n) is 3.02. The highest BCUT2D eigenvalue weighted by Gasteiger charge is 2.15. The number of para-hydroxylation sites is 1. The highest BCUT2D eigenvalue weighted by Crippen LogP contribution is 2.18. The van der Waals surface area contributed by atoms with Gasteiger partial charge in [0.2, 0.25) is 5.76 Å². The number of carbonyl (C=O) groups excluding carboxylic acids is 1. The highest BCUT2D eigenvalue weighted by atomic mass is 16.5. The van der Waals surface area contributed by atoms with E-state index in [1.807, 2.05) is 44.3 Å². The van der Waals surface area contributed by atoms with Gasteiger partial charge < -0.3 is 9.15 Å². The third-order valence-corrected chi connectivity index (χ3v) is 4.68. The Balaban J connectivity index is 1.54. The number of carbonyl (C=O) groups is 1. The van der Waals surface area contributed by atoms with Gasteiger partial charge in [-0.3, -0.25) is 9.48 Å². The molecule has 0 saturated heterocycles. The van der Waals surface area contributed by atoms with Crippen molar-refractivity contribution in [1.82, 2.24) is 9.36 Å². The van der Waals surface area contributed by atoms with Crippen molar-refractivity contribution in [3.05, 3.63) is 100 Å². The van der Waals surface area contributed by atoms with E-state index >= 15 is 0 Å². The van der Waals surface area contributed by atoms with Gasteiger partial charge in [0.15, 0.2) is 5.69 Å². The number of rotatable bonds is 5. The number of hydrogen-bond donors (Lipinski definition) is 0. The molecule has 0 aliphatic heterocycles. The van der Waals surface area contributed by atoms with Crippen LogP contribution in [0.2, 0.25) is 0 Å². The lowest BCUT2D eigenvalue weighted by atomic mass is 10.2. The van der Waals surface area contributed by atoms with Crippen LogP contribution in [-0.4, -0.2) is 21.5 Å². The highest BCUT2D eigenvalue weighted by molar-refractivity contribution is 5.88. The van der Waals surface area contributed by atoms with E-state index in [0.29, 0.717) is 11.4 Å². The van der Waals surface area contributed by atoms with E-state index in [1.54, 1.807) is 45.9 Å². The third kappa shape index (κ3) is 3.73. The van der Waals surface area contributed by atoms with E-state index in [1.165, 1.54) is 12.3 Å². The lowest BCUT2D eigenvalue weighted by molar-refractivity contribution is 0.0701. The molecule has 0 N–H and O–H groups in total. The molecular formula is C23H19N3O4. The molecule has 0 atom stereocenters. The Labute approximate surface area is 172 Å². The second-order valence-electron chi connectivity index (χ2n) is 6.60. The van der Waals surface area contributed by atoms with E-state index in [-0.39, 0.29) is 11.3 Å². The Hall–Kier alpha value is -4.13. The number of aliphatic imine (C=N–C) groups is 1. The summed E-state index contributed by atoms with van der Waals surface area (Å²) in [5.41, 5.74) is 2.47. The zero-order chi connectivity index (χ0) is 21.1. The van der Waals surface area contributed by atoms with Crippen LogP contribution in [0.25, 0.3) is 5.69 Å². The van der Waals surface area contributed by atoms with Gasteiger partial charge >= 0.3 is 5.97 Å². The quantitative estimate of drug-likeness (QED) is 0.287. The maximum Gasteiger partial charge on any atom is 0.379 e. The van der Waals surface area contributed by atoms with Gasteiger partial charge in [0.25, 0.3) is 5.56 Å². The van der Waals surface area contributed by atoms with Crippen LogP contribution < -0.4 is 10.3 Å². The molecule has 0 amide bonds. The Kier molecular flexibility index (Phi) is 5.17. The zero-order valence-corrected chi connectivity index (χ0v) is 16.5. The second kappa shape index (κ2) is 8.08. The maximum absolute atomic E-state index is 12.9. The number of benzene rings is 2. The first-order chi connectivity index (χ1) is 14.5. The summed E-state index contributed by atoms with van der Waals surface area (Å²) in [7, 11) is 1.82. The fourth-order valence-corrected chi connectivity index (χ4v) is 3.02. The summed E-state index contributed by atoms with van der Waals surface area (Å²) >= 11 is 0. The number of hydrogen-bond acceptors (Lipinski definition) is 5. The van der Waals surface area contributed by atoms with Gasteiger partial charge in [-0.25, -0.2) is 14.5 Å². The minimum atomic E-state index is -0.567. The summed E-state index contributed by atoms with van der Waals surface area (Å²) in [6, 6.07) is 19.4. The van der Waals surface area contributed by atoms with Crippen molar-refractivity contribution >= 4 is 17.9 Å². The minimum Gasteiger partial charge on any atom is -0.457 e. The van der Waals surface area contributed by atoms with E-state index in [9.17, 15) is 9.59 Å². The number of furan rings is 1. The Bertz CT molecular complexity index is 1250. The average Bonchev–Trinajstić information content (AvgIpc) is 3.37. The van der Waals surface area contributed by atoms with Crippen LogP contribution in [0.1, 0.15) is 21.8 Å². The summed E-state index contributed by atoms with van der Waals surface area (Å²) in [6.07, 6.45) is 3.02. The monoisotopic (exact) mass is 401 g/mol. The standard InChI is InChI=1S/C23H19N3O4/c1-16-21(22(27)26(25(16)2)18-7-4-3-5-8-18)24-15-17-10-12-19(13-11-17)30-23(28)20-9-6-14-29-20/h3-15H,1-2H3/b24-15+. The zero-order valence-electron chi connectivity index (χ0n) is 16.5. The molecule has 0 aliphatic rings. The maximum atomic E-state index is 12.9. The molecule has 0 unspecified atom stereocenters. The predicted molar refractivity (Wildman–Crippen MR) is 113 cm³/mol. The summed E-state index contributed by atoms with van der Waals surface area (Å²) in [5, 5.41) is 0. The molecule has 4 aromatic rings. The van der Waals surface area contributed by atoms with Crippen LogP contribution in [0.3, 0.4) is 0 Å². The number of ether oxygens (including phenoxy) is 1. The Morgan fingerprint density at radius 2 is 1.77 bits per heavy atom. The van der Waals surface area contributed by atoms with Gasteiger partial charge in [0.1, 0.15) is 5.75 Å². The van der Waals surface area contributed by atoms with Crippen molar-refractivity contribution in [2.45, 2.75) is 6.92 Å². The molecule has 2 aromatic heterocycles. The summed E-state index contributed by atoms with van der Waals surface area (Å²) in [6.45, 7) is 1.85. The molecule has 0 aliphatic carbocycles. The van der Waals surface area contributed by atoms with Crippen LogP contribution in [0.15, 0.2) is 87.2 Å². The molecule has 7 nitrogen and oxygen atoms in total. The normalized spacial score (nSPS) is 11.1. The van der Waals surface area contributed by atoms with Crippen LogP contribution in [0.5, 0.6) is 5.75 Å². The molecule has 0 radical (unpaired) electrons. The largest absolute Gasteiger partial charge is 0.457 e.